The molecule has 0 aliphatic heterocycles. The minimum Gasteiger partial charge on any atom is -0.483 e. The van der Waals surface area contributed by atoms with E-state index in [0.717, 1.165) is 23.1 Å². The Morgan fingerprint density at radius 1 is 0.973 bits per heavy atom. The molecule has 0 saturated heterocycles. The zero-order chi connectivity index (χ0) is 26.9. The van der Waals surface area contributed by atoms with Gasteiger partial charge in [-0.2, -0.15) is 0 Å². The van der Waals surface area contributed by atoms with Gasteiger partial charge in [0.05, 0.1) is 0 Å². The molecular weight excluding hydrogens is 507 g/mol. The summed E-state index contributed by atoms with van der Waals surface area (Å²) in [4.78, 5) is 28.9. The summed E-state index contributed by atoms with van der Waals surface area (Å²) in [6.07, 6.45) is 1.10. The second kappa shape index (κ2) is 13.5. The van der Waals surface area contributed by atoms with Crippen LogP contribution in [0.3, 0.4) is 0 Å². The molecule has 0 bridgehead atoms. The Morgan fingerprint density at radius 2 is 1.65 bits per heavy atom. The second-order valence-electron chi connectivity index (χ2n) is 9.30. The molecule has 3 aromatic carbocycles. The fraction of sp³-hybridized carbons (Fsp3) is 0.333. The lowest BCUT2D eigenvalue weighted by molar-refractivity contribution is -0.143. The van der Waals surface area contributed by atoms with Gasteiger partial charge in [0.2, 0.25) is 5.91 Å². The van der Waals surface area contributed by atoms with Gasteiger partial charge in [-0.3, -0.25) is 9.59 Å². The van der Waals surface area contributed by atoms with Crippen molar-refractivity contribution in [2.24, 2.45) is 0 Å². The summed E-state index contributed by atoms with van der Waals surface area (Å²) >= 11 is 13.0. The molecule has 0 spiro atoms. The maximum absolute atomic E-state index is 13.8. The molecule has 0 fully saturated rings. The molecular formula is C30H34Cl2N2O3. The van der Waals surface area contributed by atoms with Gasteiger partial charge in [0.25, 0.3) is 5.91 Å². The average Bonchev–Trinajstić information content (AvgIpc) is 2.88. The van der Waals surface area contributed by atoms with Crippen molar-refractivity contribution in [1.29, 1.82) is 0 Å². The Balaban J connectivity index is 1.98. The van der Waals surface area contributed by atoms with Crippen molar-refractivity contribution in [2.75, 3.05) is 6.61 Å². The Kier molecular flexibility index (Phi) is 10.4. The number of halogens is 2. The van der Waals surface area contributed by atoms with Crippen molar-refractivity contribution in [3.63, 3.8) is 0 Å². The first-order valence-electron chi connectivity index (χ1n) is 12.5. The molecule has 5 nitrogen and oxygen atoms in total. The van der Waals surface area contributed by atoms with Gasteiger partial charge in [-0.25, -0.2) is 0 Å². The van der Waals surface area contributed by atoms with E-state index in [4.69, 9.17) is 27.9 Å². The number of benzene rings is 3. The first-order valence-corrected chi connectivity index (χ1v) is 13.2. The van der Waals surface area contributed by atoms with E-state index in [0.29, 0.717) is 27.8 Å². The lowest BCUT2D eigenvalue weighted by Crippen LogP contribution is -2.53. The number of ether oxygens (including phenoxy) is 1. The molecule has 3 rings (SSSR count). The normalized spacial score (nSPS) is 12.5. The van der Waals surface area contributed by atoms with Gasteiger partial charge in [-0.15, -0.1) is 0 Å². The van der Waals surface area contributed by atoms with Crippen LogP contribution in [0, 0.1) is 13.8 Å². The van der Waals surface area contributed by atoms with Crippen LogP contribution >= 0.6 is 23.2 Å². The minimum atomic E-state index is -0.793. The predicted molar refractivity (Wildman–Crippen MR) is 150 cm³/mol. The lowest BCUT2D eigenvalue weighted by atomic mass is 10.0. The first-order chi connectivity index (χ1) is 17.7. The Morgan fingerprint density at radius 3 is 2.30 bits per heavy atom. The van der Waals surface area contributed by atoms with E-state index in [1.54, 1.807) is 18.2 Å². The maximum atomic E-state index is 13.8. The third-order valence-corrected chi connectivity index (χ3v) is 7.07. The molecule has 37 heavy (non-hydrogen) atoms. The number of nitrogens with zero attached hydrogens (tertiary/aromatic N) is 1. The van der Waals surface area contributed by atoms with E-state index in [-0.39, 0.29) is 31.0 Å². The van der Waals surface area contributed by atoms with Crippen LogP contribution in [0.25, 0.3) is 0 Å². The molecule has 0 aliphatic rings. The second-order valence-corrected chi connectivity index (χ2v) is 10.1. The van der Waals surface area contributed by atoms with Crippen LogP contribution < -0.4 is 10.1 Å². The minimum absolute atomic E-state index is 0.0437. The number of hydrogen-bond donors (Lipinski definition) is 1. The highest BCUT2D eigenvalue weighted by Gasteiger charge is 2.32. The lowest BCUT2D eigenvalue weighted by Gasteiger charge is -2.32. The Bertz CT molecular complexity index is 1200. The SMILES string of the molecule is CC[C@H](C)NC(=O)[C@@H](Cc1ccccc1)N(Cc1c(Cl)cccc1Cl)C(=O)COc1cc(C)ccc1C. The van der Waals surface area contributed by atoms with E-state index in [1.165, 1.54) is 4.90 Å². The molecule has 0 unspecified atom stereocenters. The molecule has 1 N–H and O–H groups in total. The summed E-state index contributed by atoms with van der Waals surface area (Å²) in [5.41, 5.74) is 3.47. The number of carbonyl (C=O) groups excluding carboxylic acids is 2. The summed E-state index contributed by atoms with van der Waals surface area (Å²) in [7, 11) is 0. The quantitative estimate of drug-likeness (QED) is 0.300. The van der Waals surface area contributed by atoms with Crippen molar-refractivity contribution in [3.05, 3.63) is 99.0 Å². The van der Waals surface area contributed by atoms with E-state index in [2.05, 4.69) is 5.32 Å². The van der Waals surface area contributed by atoms with Gasteiger partial charge in [-0.1, -0.05) is 78.7 Å². The standard InChI is InChI=1S/C30H34Cl2N2O3/c1-5-22(4)33-30(36)27(17-23-10-7-6-8-11-23)34(18-24-25(31)12-9-13-26(24)32)29(35)19-37-28-16-20(2)14-15-21(28)3/h6-16,22,27H,5,17-19H2,1-4H3,(H,33,36)/t22-,27+/m0/s1. The van der Waals surface area contributed by atoms with E-state index in [9.17, 15) is 9.59 Å². The summed E-state index contributed by atoms with van der Waals surface area (Å²) in [6, 6.07) is 19.8. The van der Waals surface area contributed by atoms with Crippen molar-refractivity contribution in [1.82, 2.24) is 10.2 Å². The van der Waals surface area contributed by atoms with E-state index < -0.39 is 6.04 Å². The van der Waals surface area contributed by atoms with Gasteiger partial charge < -0.3 is 15.0 Å². The van der Waals surface area contributed by atoms with Gasteiger partial charge in [0.15, 0.2) is 6.61 Å². The largest absolute Gasteiger partial charge is 0.483 e. The fourth-order valence-electron chi connectivity index (χ4n) is 3.93. The topological polar surface area (TPSA) is 58.6 Å². The molecule has 0 heterocycles. The molecule has 0 aliphatic carbocycles. The van der Waals surface area contributed by atoms with Crippen LogP contribution in [0.4, 0.5) is 0 Å². The average molecular weight is 542 g/mol. The molecule has 0 aromatic heterocycles. The highest BCUT2D eigenvalue weighted by atomic mass is 35.5. The van der Waals surface area contributed by atoms with Crippen LogP contribution in [0.1, 0.15) is 42.5 Å². The van der Waals surface area contributed by atoms with Gasteiger partial charge >= 0.3 is 0 Å². The summed E-state index contributed by atoms with van der Waals surface area (Å²) in [5, 5.41) is 3.91. The number of rotatable bonds is 11. The molecule has 2 amide bonds. The Labute approximate surface area is 229 Å². The number of carbonyl (C=O) groups is 2. The molecule has 7 heteroatoms. The highest BCUT2D eigenvalue weighted by Crippen LogP contribution is 2.27. The Hall–Kier alpha value is -3.02. The van der Waals surface area contributed by atoms with E-state index >= 15 is 0 Å². The monoisotopic (exact) mass is 540 g/mol. The summed E-state index contributed by atoms with van der Waals surface area (Å²) in [6.45, 7) is 7.68. The van der Waals surface area contributed by atoms with Gasteiger partial charge in [0, 0.05) is 34.6 Å². The van der Waals surface area contributed by atoms with Crippen LogP contribution in [0.2, 0.25) is 10.0 Å². The number of aryl methyl sites for hydroxylation is 2. The third kappa shape index (κ3) is 7.98. The molecule has 196 valence electrons. The molecule has 0 radical (unpaired) electrons. The van der Waals surface area contributed by atoms with Gasteiger partial charge in [0.1, 0.15) is 11.8 Å². The highest BCUT2D eigenvalue weighted by molar-refractivity contribution is 6.36. The molecule has 2 atom stereocenters. The van der Waals surface area contributed by atoms with Crippen LogP contribution in [0.5, 0.6) is 5.75 Å². The number of nitrogens with one attached hydrogen (secondary N) is 1. The van der Waals surface area contributed by atoms with Crippen molar-refractivity contribution < 1.29 is 14.3 Å². The fourth-order valence-corrected chi connectivity index (χ4v) is 4.45. The third-order valence-electron chi connectivity index (χ3n) is 6.36. The van der Waals surface area contributed by atoms with Gasteiger partial charge in [-0.05, 0) is 62.1 Å². The predicted octanol–water partition coefficient (Wildman–Crippen LogP) is 6.54. The zero-order valence-electron chi connectivity index (χ0n) is 21.8. The smallest absolute Gasteiger partial charge is 0.261 e. The van der Waals surface area contributed by atoms with E-state index in [1.807, 2.05) is 76.2 Å². The van der Waals surface area contributed by atoms with Crippen molar-refractivity contribution >= 4 is 35.0 Å². The molecule has 3 aromatic rings. The number of amides is 2. The van der Waals surface area contributed by atoms with Crippen molar-refractivity contribution in [2.45, 2.75) is 59.2 Å². The first kappa shape index (κ1) is 28.5. The maximum Gasteiger partial charge on any atom is 0.261 e. The van der Waals surface area contributed by atoms with Crippen molar-refractivity contribution in [3.8, 4) is 5.75 Å². The van der Waals surface area contributed by atoms with Crippen LogP contribution in [-0.2, 0) is 22.6 Å². The number of hydrogen-bond acceptors (Lipinski definition) is 3. The summed E-state index contributed by atoms with van der Waals surface area (Å²) < 4.78 is 5.95. The molecule has 0 saturated carbocycles. The van der Waals surface area contributed by atoms with Crippen LogP contribution in [0.15, 0.2) is 66.7 Å². The van der Waals surface area contributed by atoms with Crippen LogP contribution in [-0.4, -0.2) is 35.4 Å². The summed E-state index contributed by atoms with van der Waals surface area (Å²) in [5.74, 6) is 0.0614. The zero-order valence-corrected chi connectivity index (χ0v) is 23.3.